The summed E-state index contributed by atoms with van der Waals surface area (Å²) in [6.07, 6.45) is 0.0981. The predicted octanol–water partition coefficient (Wildman–Crippen LogP) is 1.57. The van der Waals surface area contributed by atoms with Crippen LogP contribution in [0, 0.1) is 0 Å². The summed E-state index contributed by atoms with van der Waals surface area (Å²) in [6.45, 7) is 2.38. The Hall–Kier alpha value is -2.22. The first-order chi connectivity index (χ1) is 13.0. The van der Waals surface area contributed by atoms with Crippen LogP contribution >= 0.6 is 0 Å². The maximum Gasteiger partial charge on any atom is 0.251 e. The summed E-state index contributed by atoms with van der Waals surface area (Å²) in [7, 11) is 0. The van der Waals surface area contributed by atoms with E-state index in [2.05, 4.69) is 4.90 Å². The van der Waals surface area contributed by atoms with Gasteiger partial charge in [-0.25, -0.2) is 0 Å². The third kappa shape index (κ3) is 5.15. The Morgan fingerprint density at radius 3 is 2.26 bits per heavy atom. The zero-order chi connectivity index (χ0) is 19.2. The molecule has 1 heterocycles. The Kier molecular flexibility index (Phi) is 6.60. The molecule has 1 aliphatic heterocycles. The van der Waals surface area contributed by atoms with Crippen LogP contribution in [-0.2, 0) is 22.3 Å². The first kappa shape index (κ1) is 19.5. The Bertz CT molecular complexity index is 774. The molecule has 3 rings (SSSR count). The number of piperazine rings is 1. The van der Waals surface area contributed by atoms with Crippen LogP contribution in [-0.4, -0.2) is 57.0 Å². The van der Waals surface area contributed by atoms with Crippen molar-refractivity contribution in [1.29, 1.82) is 0 Å². The average molecular weight is 387 g/mol. The molecule has 2 aromatic rings. The quantitative estimate of drug-likeness (QED) is 0.761. The largest absolute Gasteiger partial charge is 0.768 e. The van der Waals surface area contributed by atoms with E-state index in [0.29, 0.717) is 39.0 Å². The lowest BCUT2D eigenvalue weighted by atomic mass is 10.1. The maximum atomic E-state index is 12.5. The van der Waals surface area contributed by atoms with Gasteiger partial charge in [-0.1, -0.05) is 30.3 Å². The molecule has 1 saturated heterocycles. The van der Waals surface area contributed by atoms with Gasteiger partial charge in [-0.3, -0.25) is 9.00 Å². The Morgan fingerprint density at radius 1 is 1.04 bits per heavy atom. The molecule has 1 aliphatic rings. The number of aliphatic hydroxyl groups is 1. The van der Waals surface area contributed by atoms with E-state index >= 15 is 0 Å². The van der Waals surface area contributed by atoms with E-state index < -0.39 is 17.2 Å². The van der Waals surface area contributed by atoms with Gasteiger partial charge in [-0.05, 0) is 53.8 Å². The maximum absolute atomic E-state index is 12.5. The van der Waals surface area contributed by atoms with Gasteiger partial charge in [0.1, 0.15) is 6.10 Å². The molecule has 1 unspecified atom stereocenters. The lowest BCUT2D eigenvalue weighted by Gasteiger charge is -2.37. The number of carbonyl (C=O) groups is 1. The molecule has 27 heavy (non-hydrogen) atoms. The lowest BCUT2D eigenvalue weighted by Crippen LogP contribution is -2.51. The number of hydrogen-bond donors (Lipinski definition) is 1. The minimum atomic E-state index is -2.22. The molecule has 2 atom stereocenters. The van der Waals surface area contributed by atoms with E-state index in [4.69, 9.17) is 0 Å². The minimum Gasteiger partial charge on any atom is -0.768 e. The highest BCUT2D eigenvalue weighted by atomic mass is 32.2. The SMILES string of the molecule is O=C([C@H](O)CCc1ccccc1)N1CCN(c2ccc(S(=O)[O-])cc2)CC1. The summed E-state index contributed by atoms with van der Waals surface area (Å²) >= 11 is -2.22. The fourth-order valence-electron chi connectivity index (χ4n) is 3.24. The number of carbonyl (C=O) groups excluding carboxylic acids is 1. The van der Waals surface area contributed by atoms with Crippen LogP contribution in [0.4, 0.5) is 5.69 Å². The van der Waals surface area contributed by atoms with Gasteiger partial charge in [-0.15, -0.1) is 0 Å². The molecule has 2 aromatic carbocycles. The molecular formula is C20H23N2O4S-. The van der Waals surface area contributed by atoms with Crippen LogP contribution < -0.4 is 4.90 Å². The van der Waals surface area contributed by atoms with Crippen molar-refractivity contribution in [3.63, 3.8) is 0 Å². The van der Waals surface area contributed by atoms with Gasteiger partial charge < -0.3 is 19.5 Å². The third-order valence-electron chi connectivity index (χ3n) is 4.82. The Balaban J connectivity index is 1.49. The highest BCUT2D eigenvalue weighted by Gasteiger charge is 2.26. The standard InChI is InChI=1S/C20H24N2O4S/c23-19(11-6-16-4-2-1-3-5-16)20(24)22-14-12-21(13-15-22)17-7-9-18(10-8-17)27(25)26/h1-5,7-10,19,23H,6,11-15H2,(H,25,26)/p-1/t19-/m1/s1. The van der Waals surface area contributed by atoms with E-state index in [-0.39, 0.29) is 10.8 Å². The summed E-state index contributed by atoms with van der Waals surface area (Å²) in [5.74, 6) is -0.220. The molecule has 1 N–H and O–H groups in total. The number of anilines is 1. The molecule has 0 bridgehead atoms. The molecule has 0 radical (unpaired) electrons. The molecule has 0 aromatic heterocycles. The van der Waals surface area contributed by atoms with Crippen molar-refractivity contribution in [2.45, 2.75) is 23.8 Å². The molecule has 0 saturated carbocycles. The van der Waals surface area contributed by atoms with E-state index in [9.17, 15) is 18.7 Å². The van der Waals surface area contributed by atoms with E-state index in [1.807, 2.05) is 30.3 Å². The fourth-order valence-corrected chi connectivity index (χ4v) is 3.59. The summed E-state index contributed by atoms with van der Waals surface area (Å²) in [5.41, 5.74) is 2.04. The van der Waals surface area contributed by atoms with Crippen molar-refractivity contribution in [2.24, 2.45) is 0 Å². The number of aliphatic hydroxyl groups excluding tert-OH is 1. The molecule has 6 nitrogen and oxygen atoms in total. The molecule has 1 amide bonds. The first-order valence-electron chi connectivity index (χ1n) is 8.99. The topological polar surface area (TPSA) is 83.9 Å². The van der Waals surface area contributed by atoms with Crippen LogP contribution in [0.5, 0.6) is 0 Å². The normalized spacial score (nSPS) is 16.8. The summed E-state index contributed by atoms with van der Waals surface area (Å²) in [5, 5.41) is 10.2. The van der Waals surface area contributed by atoms with Crippen LogP contribution in [0.2, 0.25) is 0 Å². The highest BCUT2D eigenvalue weighted by molar-refractivity contribution is 7.79. The molecular weight excluding hydrogens is 364 g/mol. The number of aryl methyl sites for hydroxylation is 1. The van der Waals surface area contributed by atoms with Crippen molar-refractivity contribution in [3.8, 4) is 0 Å². The number of rotatable bonds is 6. The number of hydrogen-bond acceptors (Lipinski definition) is 5. The fraction of sp³-hybridized carbons (Fsp3) is 0.350. The predicted molar refractivity (Wildman–Crippen MR) is 103 cm³/mol. The smallest absolute Gasteiger partial charge is 0.251 e. The molecule has 0 aliphatic carbocycles. The van der Waals surface area contributed by atoms with Gasteiger partial charge in [0.05, 0.1) is 0 Å². The van der Waals surface area contributed by atoms with E-state index in [1.54, 1.807) is 29.2 Å². The zero-order valence-corrected chi connectivity index (χ0v) is 15.8. The van der Waals surface area contributed by atoms with E-state index in [0.717, 1.165) is 11.3 Å². The van der Waals surface area contributed by atoms with Crippen molar-refractivity contribution in [1.82, 2.24) is 4.90 Å². The van der Waals surface area contributed by atoms with Gasteiger partial charge in [0.15, 0.2) is 0 Å². The van der Waals surface area contributed by atoms with E-state index in [1.165, 1.54) is 0 Å². The average Bonchev–Trinajstić information content (AvgIpc) is 2.72. The number of benzene rings is 2. The van der Waals surface area contributed by atoms with Gasteiger partial charge in [0.25, 0.3) is 5.91 Å². The van der Waals surface area contributed by atoms with Crippen LogP contribution in [0.15, 0.2) is 59.5 Å². The second-order valence-electron chi connectivity index (χ2n) is 6.58. The van der Waals surface area contributed by atoms with Crippen molar-refractivity contribution in [2.75, 3.05) is 31.1 Å². The lowest BCUT2D eigenvalue weighted by molar-refractivity contribution is -0.140. The molecule has 0 spiro atoms. The van der Waals surface area contributed by atoms with Crippen LogP contribution in [0.25, 0.3) is 0 Å². The molecule has 7 heteroatoms. The highest BCUT2D eigenvalue weighted by Crippen LogP contribution is 2.19. The van der Waals surface area contributed by atoms with Crippen molar-refractivity contribution >= 4 is 22.7 Å². The number of amides is 1. The zero-order valence-electron chi connectivity index (χ0n) is 15.0. The number of nitrogens with zero attached hydrogens (tertiary/aromatic N) is 2. The second kappa shape index (κ2) is 9.12. The summed E-state index contributed by atoms with van der Waals surface area (Å²) in [6, 6.07) is 16.5. The molecule has 1 fully saturated rings. The van der Waals surface area contributed by atoms with Gasteiger partial charge in [0.2, 0.25) is 0 Å². The summed E-state index contributed by atoms with van der Waals surface area (Å²) < 4.78 is 21.9. The monoisotopic (exact) mass is 387 g/mol. The van der Waals surface area contributed by atoms with Gasteiger partial charge >= 0.3 is 0 Å². The van der Waals surface area contributed by atoms with Crippen LogP contribution in [0.3, 0.4) is 0 Å². The third-order valence-corrected chi connectivity index (χ3v) is 5.48. The Labute approximate surface area is 161 Å². The van der Waals surface area contributed by atoms with Crippen molar-refractivity contribution < 1.29 is 18.7 Å². The summed E-state index contributed by atoms with van der Waals surface area (Å²) in [4.78, 5) is 16.5. The van der Waals surface area contributed by atoms with Gasteiger partial charge in [-0.2, -0.15) is 0 Å². The molecule has 144 valence electrons. The Morgan fingerprint density at radius 2 is 1.67 bits per heavy atom. The van der Waals surface area contributed by atoms with Gasteiger partial charge in [0, 0.05) is 36.8 Å². The second-order valence-corrected chi connectivity index (χ2v) is 7.52. The van der Waals surface area contributed by atoms with Crippen LogP contribution in [0.1, 0.15) is 12.0 Å². The van der Waals surface area contributed by atoms with Crippen molar-refractivity contribution in [3.05, 3.63) is 60.2 Å². The minimum absolute atomic E-state index is 0.220. The first-order valence-corrected chi connectivity index (χ1v) is 10.1.